The van der Waals surface area contributed by atoms with E-state index in [1.807, 2.05) is 30.3 Å². The third kappa shape index (κ3) is 3.66. The standard InChI is InChI=1S/C12H10O3S.Na.H/c13-16(14,15)12-8-4-7-11(9-12)10-5-2-1-3-6-10;;/h1-9H,(H,13,14,15);;/q;+1;-1. The predicted molar refractivity (Wildman–Crippen MR) is 62.8 cm³/mol. The molecule has 0 fully saturated rings. The second-order valence-corrected chi connectivity index (χ2v) is 4.79. The number of hydrogen-bond acceptors (Lipinski definition) is 2. The van der Waals surface area contributed by atoms with E-state index < -0.39 is 10.1 Å². The molecular formula is C12H11NaO3S. The van der Waals surface area contributed by atoms with Gasteiger partial charge in [-0.2, -0.15) is 8.42 Å². The molecule has 0 saturated heterocycles. The average molecular weight is 258 g/mol. The second-order valence-electron chi connectivity index (χ2n) is 3.37. The Morgan fingerprint density at radius 1 is 0.882 bits per heavy atom. The van der Waals surface area contributed by atoms with E-state index in [1.54, 1.807) is 12.1 Å². The van der Waals surface area contributed by atoms with Crippen molar-refractivity contribution in [1.82, 2.24) is 0 Å². The van der Waals surface area contributed by atoms with Crippen LogP contribution in [0.3, 0.4) is 0 Å². The Hall–Kier alpha value is -0.650. The summed E-state index contributed by atoms with van der Waals surface area (Å²) in [6, 6.07) is 15.6. The van der Waals surface area contributed by atoms with Gasteiger partial charge in [-0.1, -0.05) is 42.5 Å². The molecule has 0 amide bonds. The van der Waals surface area contributed by atoms with Crippen LogP contribution < -0.4 is 29.6 Å². The molecule has 0 radical (unpaired) electrons. The van der Waals surface area contributed by atoms with Crippen LogP contribution in [0.15, 0.2) is 59.5 Å². The van der Waals surface area contributed by atoms with Gasteiger partial charge in [-0.3, -0.25) is 4.55 Å². The van der Waals surface area contributed by atoms with Crippen LogP contribution in [0, 0.1) is 0 Å². The van der Waals surface area contributed by atoms with Crippen molar-refractivity contribution in [2.24, 2.45) is 0 Å². The van der Waals surface area contributed by atoms with Crippen molar-refractivity contribution < 1.29 is 44.0 Å². The van der Waals surface area contributed by atoms with Crippen molar-refractivity contribution in [2.75, 3.05) is 0 Å². The molecule has 0 atom stereocenters. The van der Waals surface area contributed by atoms with Crippen molar-refractivity contribution in [3.63, 3.8) is 0 Å². The van der Waals surface area contributed by atoms with Gasteiger partial charge in [0.25, 0.3) is 10.1 Å². The van der Waals surface area contributed by atoms with Crippen molar-refractivity contribution >= 4 is 10.1 Å². The predicted octanol–water partition coefficient (Wildman–Crippen LogP) is -0.283. The van der Waals surface area contributed by atoms with Crippen molar-refractivity contribution in [3.05, 3.63) is 54.6 Å². The van der Waals surface area contributed by atoms with Gasteiger partial charge in [-0.15, -0.1) is 0 Å². The summed E-state index contributed by atoms with van der Waals surface area (Å²) in [5.41, 5.74) is 1.67. The SMILES string of the molecule is O=S(=O)(O)c1cccc(-c2ccccc2)c1.[H-].[Na+]. The first kappa shape index (κ1) is 14.4. The first-order chi connectivity index (χ1) is 7.57. The van der Waals surface area contributed by atoms with Crippen LogP contribution in [-0.2, 0) is 10.1 Å². The zero-order chi connectivity index (χ0) is 11.6. The Kier molecular flexibility index (Phi) is 4.91. The van der Waals surface area contributed by atoms with Crippen LogP contribution in [0.1, 0.15) is 1.43 Å². The molecule has 1 N–H and O–H groups in total. The van der Waals surface area contributed by atoms with Crippen molar-refractivity contribution in [2.45, 2.75) is 4.90 Å². The Bertz CT molecular complexity index is 600. The van der Waals surface area contributed by atoms with Gasteiger partial charge in [-0.25, -0.2) is 0 Å². The molecule has 0 aliphatic heterocycles. The topological polar surface area (TPSA) is 54.4 Å². The molecule has 0 unspecified atom stereocenters. The number of benzene rings is 2. The Balaban J connectivity index is 0.00000144. The quantitative estimate of drug-likeness (QED) is 0.595. The smallest absolute Gasteiger partial charge is 1.00 e. The summed E-state index contributed by atoms with van der Waals surface area (Å²) in [5, 5.41) is 0. The largest absolute Gasteiger partial charge is 1.00 e. The minimum atomic E-state index is -4.13. The molecule has 2 aromatic carbocycles. The summed E-state index contributed by atoms with van der Waals surface area (Å²) in [7, 11) is -4.13. The van der Waals surface area contributed by atoms with Crippen molar-refractivity contribution in [3.8, 4) is 11.1 Å². The molecule has 2 rings (SSSR count). The van der Waals surface area contributed by atoms with E-state index in [0.717, 1.165) is 11.1 Å². The summed E-state index contributed by atoms with van der Waals surface area (Å²) < 4.78 is 30.9. The summed E-state index contributed by atoms with van der Waals surface area (Å²) in [6.07, 6.45) is 0. The molecule has 0 bridgehead atoms. The fraction of sp³-hybridized carbons (Fsp3) is 0. The molecule has 2 aromatic rings. The van der Waals surface area contributed by atoms with Gasteiger partial charge < -0.3 is 1.43 Å². The molecule has 0 aromatic heterocycles. The number of rotatable bonds is 2. The summed E-state index contributed by atoms with van der Waals surface area (Å²) in [6.45, 7) is 0. The first-order valence-corrected chi connectivity index (χ1v) is 6.14. The number of hydrogen-bond donors (Lipinski definition) is 1. The Morgan fingerprint density at radius 2 is 1.47 bits per heavy atom. The minimum absolute atomic E-state index is 0. The molecule has 0 heterocycles. The van der Waals surface area contributed by atoms with Crippen LogP contribution in [0.25, 0.3) is 11.1 Å². The van der Waals surface area contributed by atoms with Crippen LogP contribution in [-0.4, -0.2) is 13.0 Å². The van der Waals surface area contributed by atoms with Crippen LogP contribution in [0.5, 0.6) is 0 Å². The third-order valence-corrected chi connectivity index (χ3v) is 3.09. The van der Waals surface area contributed by atoms with E-state index in [2.05, 4.69) is 0 Å². The molecule has 0 saturated carbocycles. The molecule has 0 spiro atoms. The van der Waals surface area contributed by atoms with E-state index >= 15 is 0 Å². The Morgan fingerprint density at radius 3 is 2.06 bits per heavy atom. The van der Waals surface area contributed by atoms with Gasteiger partial charge in [0, 0.05) is 0 Å². The zero-order valence-electron chi connectivity index (χ0n) is 10.4. The van der Waals surface area contributed by atoms with E-state index in [9.17, 15) is 8.42 Å². The van der Waals surface area contributed by atoms with Gasteiger partial charge in [0.15, 0.2) is 0 Å². The van der Waals surface area contributed by atoms with Crippen LogP contribution in [0.4, 0.5) is 0 Å². The normalized spacial score (nSPS) is 10.6. The molecule has 0 aliphatic rings. The molecule has 84 valence electrons. The zero-order valence-corrected chi connectivity index (χ0v) is 12.2. The molecule has 0 aliphatic carbocycles. The molecular weight excluding hydrogens is 247 g/mol. The first-order valence-electron chi connectivity index (χ1n) is 4.70. The maximum absolute atomic E-state index is 11.0. The maximum Gasteiger partial charge on any atom is 1.00 e. The van der Waals surface area contributed by atoms with E-state index in [-0.39, 0.29) is 35.9 Å². The monoisotopic (exact) mass is 258 g/mol. The fourth-order valence-electron chi connectivity index (χ4n) is 1.47. The molecule has 3 nitrogen and oxygen atoms in total. The van der Waals surface area contributed by atoms with Gasteiger partial charge in [0.2, 0.25) is 0 Å². The van der Waals surface area contributed by atoms with Gasteiger partial charge in [0.05, 0.1) is 4.90 Å². The third-order valence-electron chi connectivity index (χ3n) is 2.24. The van der Waals surface area contributed by atoms with E-state index in [1.165, 1.54) is 12.1 Å². The van der Waals surface area contributed by atoms with Crippen LogP contribution >= 0.6 is 0 Å². The van der Waals surface area contributed by atoms with Gasteiger partial charge in [0.1, 0.15) is 0 Å². The summed E-state index contributed by atoms with van der Waals surface area (Å²) in [5.74, 6) is 0. The minimum Gasteiger partial charge on any atom is -1.00 e. The van der Waals surface area contributed by atoms with Gasteiger partial charge >= 0.3 is 29.6 Å². The van der Waals surface area contributed by atoms with Crippen LogP contribution in [0.2, 0.25) is 0 Å². The summed E-state index contributed by atoms with van der Waals surface area (Å²) >= 11 is 0. The second kappa shape index (κ2) is 5.80. The maximum atomic E-state index is 11.0. The van der Waals surface area contributed by atoms with E-state index in [4.69, 9.17) is 4.55 Å². The fourth-order valence-corrected chi connectivity index (χ4v) is 1.99. The Labute approximate surface area is 124 Å². The summed E-state index contributed by atoms with van der Waals surface area (Å²) in [4.78, 5) is -0.0890. The van der Waals surface area contributed by atoms with E-state index in [0.29, 0.717) is 0 Å². The van der Waals surface area contributed by atoms with Gasteiger partial charge in [-0.05, 0) is 23.3 Å². The average Bonchev–Trinajstić information content (AvgIpc) is 2.29. The molecule has 17 heavy (non-hydrogen) atoms. The van der Waals surface area contributed by atoms with Crippen molar-refractivity contribution in [1.29, 1.82) is 0 Å². The molecule has 5 heteroatoms.